The molecule has 0 unspecified atom stereocenters. The van der Waals surface area contributed by atoms with Crippen LogP contribution in [0.3, 0.4) is 0 Å². The van der Waals surface area contributed by atoms with Gasteiger partial charge in [0, 0.05) is 4.47 Å². The summed E-state index contributed by atoms with van der Waals surface area (Å²) in [5.41, 5.74) is 0. The SMILES string of the molecule is FC(F)(F)Oc1ccc(Br)cc1.[H-].[H-].[Mg+2]. The summed E-state index contributed by atoms with van der Waals surface area (Å²) < 4.78 is 39.2. The normalized spacial score (nSPS) is 10.5. The maximum atomic E-state index is 11.6. The van der Waals surface area contributed by atoms with Crippen LogP contribution in [-0.2, 0) is 0 Å². The van der Waals surface area contributed by atoms with Gasteiger partial charge in [-0.25, -0.2) is 0 Å². The van der Waals surface area contributed by atoms with Crippen LogP contribution in [-0.4, -0.2) is 29.4 Å². The summed E-state index contributed by atoms with van der Waals surface area (Å²) in [6.07, 6.45) is -4.62. The molecule has 6 heteroatoms. The molecule has 0 saturated carbocycles. The van der Waals surface area contributed by atoms with Crippen LogP contribution in [0.25, 0.3) is 0 Å². The summed E-state index contributed by atoms with van der Waals surface area (Å²) >= 11 is 3.09. The molecule has 0 aliphatic rings. The Morgan fingerprint density at radius 1 is 1.15 bits per heavy atom. The van der Waals surface area contributed by atoms with Gasteiger partial charge in [-0.1, -0.05) is 15.9 Å². The molecule has 0 aliphatic heterocycles. The number of alkyl halides is 3. The Hall–Kier alpha value is 0.0562. The first-order chi connectivity index (χ1) is 5.47. The first kappa shape index (κ1) is 13.1. The summed E-state index contributed by atoms with van der Waals surface area (Å²) in [5.74, 6) is -0.217. The molecule has 0 amide bonds. The standard InChI is InChI=1S/C7H4BrF3O.Mg.2H/c8-5-1-3-6(4-2-5)12-7(9,10)11;;;/h1-4H;;;/q;+2;2*-1. The molecule has 0 heterocycles. The van der Waals surface area contributed by atoms with Crippen LogP contribution in [0.4, 0.5) is 13.2 Å². The number of hydrogen-bond donors (Lipinski definition) is 0. The fourth-order valence-electron chi connectivity index (χ4n) is 0.636. The summed E-state index contributed by atoms with van der Waals surface area (Å²) in [4.78, 5) is 0. The van der Waals surface area contributed by atoms with Gasteiger partial charge in [0.1, 0.15) is 5.75 Å². The molecular weight excluding hydrogens is 261 g/mol. The molecule has 0 aromatic heterocycles. The predicted octanol–water partition coefficient (Wildman–Crippen LogP) is 3.19. The first-order valence-corrected chi connectivity index (χ1v) is 3.78. The van der Waals surface area contributed by atoms with E-state index in [1.807, 2.05) is 0 Å². The monoisotopic (exact) mass is 266 g/mol. The van der Waals surface area contributed by atoms with E-state index < -0.39 is 6.36 Å². The van der Waals surface area contributed by atoms with Crippen molar-refractivity contribution in [1.29, 1.82) is 0 Å². The van der Waals surface area contributed by atoms with Crippen LogP contribution in [0.1, 0.15) is 2.85 Å². The molecule has 70 valence electrons. The molecule has 13 heavy (non-hydrogen) atoms. The summed E-state index contributed by atoms with van der Waals surface area (Å²) in [6.45, 7) is 0. The number of halogens is 4. The molecule has 0 spiro atoms. The van der Waals surface area contributed by atoms with E-state index in [-0.39, 0.29) is 31.7 Å². The van der Waals surface area contributed by atoms with Gasteiger partial charge in [-0.3, -0.25) is 0 Å². The summed E-state index contributed by atoms with van der Waals surface area (Å²) in [7, 11) is 0. The minimum atomic E-state index is -4.62. The van der Waals surface area contributed by atoms with Gasteiger partial charge in [0.15, 0.2) is 0 Å². The van der Waals surface area contributed by atoms with Crippen molar-refractivity contribution in [3.05, 3.63) is 28.7 Å². The van der Waals surface area contributed by atoms with Crippen LogP contribution >= 0.6 is 15.9 Å². The van der Waals surface area contributed by atoms with Gasteiger partial charge in [0.25, 0.3) is 0 Å². The Morgan fingerprint density at radius 3 is 2.00 bits per heavy atom. The van der Waals surface area contributed by atoms with Crippen LogP contribution in [0.5, 0.6) is 5.75 Å². The molecule has 1 aromatic rings. The second-order valence-corrected chi connectivity index (χ2v) is 2.92. The zero-order valence-electron chi connectivity index (χ0n) is 8.44. The predicted molar refractivity (Wildman–Crippen MR) is 48.8 cm³/mol. The van der Waals surface area contributed by atoms with Crippen LogP contribution in [0.2, 0.25) is 0 Å². The van der Waals surface area contributed by atoms with E-state index in [9.17, 15) is 13.2 Å². The molecule has 0 atom stereocenters. The van der Waals surface area contributed by atoms with E-state index in [2.05, 4.69) is 20.7 Å². The van der Waals surface area contributed by atoms with Crippen molar-refractivity contribution in [3.8, 4) is 5.75 Å². The maximum absolute atomic E-state index is 11.6. The molecule has 1 rings (SSSR count). The number of hydrogen-bond acceptors (Lipinski definition) is 1. The van der Waals surface area contributed by atoms with Gasteiger partial charge >= 0.3 is 29.4 Å². The van der Waals surface area contributed by atoms with Crippen molar-refractivity contribution >= 4 is 39.0 Å². The van der Waals surface area contributed by atoms with E-state index in [0.717, 1.165) is 0 Å². The molecule has 0 radical (unpaired) electrons. The molecular formula is C7H6BrF3MgO. The van der Waals surface area contributed by atoms with Crippen molar-refractivity contribution in [2.75, 3.05) is 0 Å². The van der Waals surface area contributed by atoms with Gasteiger partial charge in [0.05, 0.1) is 0 Å². The molecule has 0 bridgehead atoms. The third-order valence-electron chi connectivity index (χ3n) is 1.05. The van der Waals surface area contributed by atoms with Crippen molar-refractivity contribution < 1.29 is 20.8 Å². The quantitative estimate of drug-likeness (QED) is 0.710. The van der Waals surface area contributed by atoms with E-state index in [1.165, 1.54) is 24.3 Å². The molecule has 1 aromatic carbocycles. The van der Waals surface area contributed by atoms with Gasteiger partial charge in [-0.05, 0) is 24.3 Å². The maximum Gasteiger partial charge on any atom is 2.00 e. The average Bonchev–Trinajstić information content (AvgIpc) is 1.91. The van der Waals surface area contributed by atoms with Crippen LogP contribution < -0.4 is 4.74 Å². The van der Waals surface area contributed by atoms with Gasteiger partial charge < -0.3 is 7.59 Å². The Labute approximate surface area is 101 Å². The van der Waals surface area contributed by atoms with Crippen molar-refractivity contribution in [1.82, 2.24) is 0 Å². The Bertz CT molecular complexity index is 268. The fraction of sp³-hybridized carbons (Fsp3) is 0.143. The largest absolute Gasteiger partial charge is 2.00 e. The average molecular weight is 267 g/mol. The molecule has 1 nitrogen and oxygen atoms in total. The second kappa shape index (κ2) is 5.07. The number of rotatable bonds is 1. The van der Waals surface area contributed by atoms with Crippen molar-refractivity contribution in [3.63, 3.8) is 0 Å². The number of benzene rings is 1. The zero-order chi connectivity index (χ0) is 9.19. The third-order valence-corrected chi connectivity index (χ3v) is 1.58. The van der Waals surface area contributed by atoms with E-state index >= 15 is 0 Å². The molecule has 0 fully saturated rings. The molecule has 0 saturated heterocycles. The first-order valence-electron chi connectivity index (χ1n) is 2.99. The summed E-state index contributed by atoms with van der Waals surface area (Å²) in [6, 6.07) is 5.41. The van der Waals surface area contributed by atoms with Gasteiger partial charge in [-0.15, -0.1) is 13.2 Å². The van der Waals surface area contributed by atoms with Gasteiger partial charge in [0.2, 0.25) is 0 Å². The fourth-order valence-corrected chi connectivity index (χ4v) is 0.901. The molecule has 0 N–H and O–H groups in total. The minimum absolute atomic E-state index is 0. The molecule has 0 aliphatic carbocycles. The van der Waals surface area contributed by atoms with Crippen molar-refractivity contribution in [2.24, 2.45) is 0 Å². The van der Waals surface area contributed by atoms with Crippen LogP contribution in [0.15, 0.2) is 28.7 Å². The Morgan fingerprint density at radius 2 is 1.62 bits per heavy atom. The topological polar surface area (TPSA) is 9.23 Å². The number of ether oxygens (including phenoxy) is 1. The van der Waals surface area contributed by atoms with E-state index in [4.69, 9.17) is 0 Å². The van der Waals surface area contributed by atoms with Gasteiger partial charge in [-0.2, -0.15) is 0 Å². The zero-order valence-corrected chi connectivity index (χ0v) is 9.44. The van der Waals surface area contributed by atoms with E-state index in [0.29, 0.717) is 4.47 Å². The Kier molecular flexibility index (Phi) is 5.09. The third kappa shape index (κ3) is 5.38. The Balaban J connectivity index is -0.000000480. The summed E-state index contributed by atoms with van der Waals surface area (Å²) in [5, 5.41) is 0. The van der Waals surface area contributed by atoms with Crippen molar-refractivity contribution in [2.45, 2.75) is 6.36 Å². The second-order valence-electron chi connectivity index (χ2n) is 2.00. The van der Waals surface area contributed by atoms with Crippen LogP contribution in [0, 0.1) is 0 Å². The minimum Gasteiger partial charge on any atom is -1.00 e. The van der Waals surface area contributed by atoms with E-state index in [1.54, 1.807) is 0 Å². The smallest absolute Gasteiger partial charge is 1.00 e.